The molecule has 0 bridgehead atoms. The molecule has 0 saturated carbocycles. The number of methoxy groups -OCH3 is 1. The molecular formula is C23H20F3N3O2S2. The molecule has 0 radical (unpaired) electrons. The van der Waals surface area contributed by atoms with E-state index in [4.69, 9.17) is 9.15 Å². The van der Waals surface area contributed by atoms with Crippen LogP contribution in [0.15, 0.2) is 68.9 Å². The number of oxazole rings is 1. The molecule has 0 spiro atoms. The maximum Gasteiger partial charge on any atom is 0.446 e. The lowest BCUT2D eigenvalue weighted by atomic mass is 10.2. The van der Waals surface area contributed by atoms with E-state index >= 15 is 0 Å². The Kier molecular flexibility index (Phi) is 7.04. The van der Waals surface area contributed by atoms with Gasteiger partial charge in [0.1, 0.15) is 17.1 Å². The van der Waals surface area contributed by atoms with Crippen molar-refractivity contribution in [2.75, 3.05) is 18.2 Å². The molecule has 0 aliphatic heterocycles. The minimum absolute atomic E-state index is 0.0575. The summed E-state index contributed by atoms with van der Waals surface area (Å²) in [6.07, 6.45) is 1.71. The second-order valence-electron chi connectivity index (χ2n) is 6.86. The van der Waals surface area contributed by atoms with Gasteiger partial charge in [-0.2, -0.15) is 13.2 Å². The molecule has 0 aliphatic carbocycles. The molecule has 0 unspecified atom stereocenters. The topological polar surface area (TPSA) is 60.2 Å². The van der Waals surface area contributed by atoms with E-state index in [-0.39, 0.29) is 16.7 Å². The SMILES string of the molecule is CCSc1ccnc(NCc2ccc(OC)cc2)c1-c1nc2cc(SC(F)(F)F)ccc2o1. The van der Waals surface area contributed by atoms with E-state index in [0.29, 0.717) is 34.9 Å². The zero-order valence-electron chi connectivity index (χ0n) is 17.8. The molecule has 4 aromatic rings. The van der Waals surface area contributed by atoms with Gasteiger partial charge in [-0.05, 0) is 59.5 Å². The van der Waals surface area contributed by atoms with Crippen LogP contribution < -0.4 is 10.1 Å². The van der Waals surface area contributed by atoms with Gasteiger partial charge in [0.2, 0.25) is 5.89 Å². The average Bonchev–Trinajstić information content (AvgIpc) is 3.20. The third-order valence-corrected chi connectivity index (χ3v) is 6.30. The number of aromatic nitrogens is 2. The zero-order chi connectivity index (χ0) is 23.4. The molecule has 4 rings (SSSR count). The fourth-order valence-corrected chi connectivity index (χ4v) is 4.57. The Hall–Kier alpha value is -2.85. The van der Waals surface area contributed by atoms with Crippen molar-refractivity contribution in [1.29, 1.82) is 0 Å². The van der Waals surface area contributed by atoms with Crippen LogP contribution in [0.2, 0.25) is 0 Å². The van der Waals surface area contributed by atoms with Crippen LogP contribution in [0.1, 0.15) is 12.5 Å². The summed E-state index contributed by atoms with van der Waals surface area (Å²) >= 11 is 1.43. The number of ether oxygens (including phenoxy) is 1. The van der Waals surface area contributed by atoms with Crippen molar-refractivity contribution in [2.24, 2.45) is 0 Å². The predicted octanol–water partition coefficient (Wildman–Crippen LogP) is 7.23. The minimum atomic E-state index is -4.37. The first-order valence-corrected chi connectivity index (χ1v) is 11.8. The number of alkyl halides is 3. The molecule has 2 aromatic carbocycles. The van der Waals surface area contributed by atoms with Crippen molar-refractivity contribution in [2.45, 2.75) is 28.8 Å². The van der Waals surface area contributed by atoms with Crippen molar-refractivity contribution in [3.8, 4) is 17.2 Å². The summed E-state index contributed by atoms with van der Waals surface area (Å²) < 4.78 is 49.4. The Morgan fingerprint density at radius 1 is 1.09 bits per heavy atom. The highest BCUT2D eigenvalue weighted by Crippen LogP contribution is 2.40. The van der Waals surface area contributed by atoms with Crippen LogP contribution in [0.3, 0.4) is 0 Å². The molecule has 0 saturated heterocycles. The third-order valence-electron chi connectivity index (χ3n) is 4.64. The first kappa shape index (κ1) is 23.3. The highest BCUT2D eigenvalue weighted by atomic mass is 32.2. The van der Waals surface area contributed by atoms with Gasteiger partial charge in [-0.1, -0.05) is 19.1 Å². The number of thioether (sulfide) groups is 2. The van der Waals surface area contributed by atoms with Crippen LogP contribution >= 0.6 is 23.5 Å². The smallest absolute Gasteiger partial charge is 0.446 e. The molecule has 1 N–H and O–H groups in total. The Bertz CT molecular complexity index is 1240. The van der Waals surface area contributed by atoms with E-state index < -0.39 is 5.51 Å². The monoisotopic (exact) mass is 491 g/mol. The van der Waals surface area contributed by atoms with Gasteiger partial charge >= 0.3 is 5.51 Å². The number of nitrogens with one attached hydrogen (secondary N) is 1. The maximum atomic E-state index is 12.8. The number of pyridine rings is 1. The summed E-state index contributed by atoms with van der Waals surface area (Å²) in [6.45, 7) is 2.54. The van der Waals surface area contributed by atoms with Crippen molar-refractivity contribution in [3.05, 3.63) is 60.3 Å². The molecular weight excluding hydrogens is 471 g/mol. The van der Waals surface area contributed by atoms with Gasteiger partial charge in [-0.15, -0.1) is 11.8 Å². The van der Waals surface area contributed by atoms with Gasteiger partial charge in [-0.25, -0.2) is 9.97 Å². The summed E-state index contributed by atoms with van der Waals surface area (Å²) in [7, 11) is 1.62. The van der Waals surface area contributed by atoms with E-state index in [1.165, 1.54) is 18.2 Å². The number of benzene rings is 2. The van der Waals surface area contributed by atoms with E-state index in [1.807, 2.05) is 37.3 Å². The zero-order valence-corrected chi connectivity index (χ0v) is 19.4. The van der Waals surface area contributed by atoms with Crippen molar-refractivity contribution in [3.63, 3.8) is 0 Å². The lowest BCUT2D eigenvalue weighted by Crippen LogP contribution is -2.04. The lowest BCUT2D eigenvalue weighted by molar-refractivity contribution is -0.0328. The summed E-state index contributed by atoms with van der Waals surface area (Å²) in [6, 6.07) is 13.8. The quantitative estimate of drug-likeness (QED) is 0.261. The van der Waals surface area contributed by atoms with Gasteiger partial charge in [0.05, 0.1) is 12.7 Å². The normalized spacial score (nSPS) is 11.7. The molecule has 2 heterocycles. The Balaban J connectivity index is 1.68. The van der Waals surface area contributed by atoms with E-state index in [0.717, 1.165) is 22.0 Å². The molecule has 10 heteroatoms. The number of hydrogen-bond donors (Lipinski definition) is 1. The van der Waals surface area contributed by atoms with Crippen LogP contribution in [0, 0.1) is 0 Å². The summed E-state index contributed by atoms with van der Waals surface area (Å²) in [4.78, 5) is 9.95. The molecule has 0 amide bonds. The second-order valence-corrected chi connectivity index (χ2v) is 9.31. The fourth-order valence-electron chi connectivity index (χ4n) is 3.20. The standard InChI is InChI=1S/C23H20F3N3O2S2/c1-3-32-19-10-11-27-21(28-13-14-4-6-15(30-2)7-5-14)20(19)22-29-17-12-16(33-23(24,25)26)8-9-18(17)31-22/h4-12H,3,13H2,1-2H3,(H,27,28). The van der Waals surface area contributed by atoms with Gasteiger partial charge in [0, 0.05) is 22.5 Å². The summed E-state index contributed by atoms with van der Waals surface area (Å²) in [5.41, 5.74) is -1.89. The molecule has 0 aliphatic rings. The molecule has 5 nitrogen and oxygen atoms in total. The van der Waals surface area contributed by atoms with E-state index in [2.05, 4.69) is 15.3 Å². The van der Waals surface area contributed by atoms with Crippen LogP contribution in [-0.4, -0.2) is 28.3 Å². The van der Waals surface area contributed by atoms with Crippen molar-refractivity contribution < 1.29 is 22.3 Å². The number of hydrogen-bond acceptors (Lipinski definition) is 7. The van der Waals surface area contributed by atoms with Gasteiger partial charge in [0.25, 0.3) is 0 Å². The molecule has 172 valence electrons. The highest BCUT2D eigenvalue weighted by Gasteiger charge is 2.29. The van der Waals surface area contributed by atoms with Crippen molar-refractivity contribution in [1.82, 2.24) is 9.97 Å². The Morgan fingerprint density at radius 2 is 1.88 bits per heavy atom. The predicted molar refractivity (Wildman–Crippen MR) is 126 cm³/mol. The molecule has 33 heavy (non-hydrogen) atoms. The average molecular weight is 492 g/mol. The number of anilines is 1. The minimum Gasteiger partial charge on any atom is -0.497 e. The molecule has 0 atom stereocenters. The Morgan fingerprint density at radius 3 is 2.58 bits per heavy atom. The third kappa shape index (κ3) is 5.75. The van der Waals surface area contributed by atoms with Gasteiger partial charge in [0.15, 0.2) is 5.58 Å². The highest BCUT2D eigenvalue weighted by molar-refractivity contribution is 8.00. The fraction of sp³-hybridized carbons (Fsp3) is 0.217. The van der Waals surface area contributed by atoms with E-state index in [9.17, 15) is 13.2 Å². The van der Waals surface area contributed by atoms with Gasteiger partial charge < -0.3 is 14.5 Å². The lowest BCUT2D eigenvalue weighted by Gasteiger charge is -2.13. The number of halogens is 3. The number of fused-ring (bicyclic) bond motifs is 1. The maximum absolute atomic E-state index is 12.8. The number of rotatable bonds is 8. The van der Waals surface area contributed by atoms with Crippen LogP contribution in [-0.2, 0) is 6.54 Å². The number of nitrogens with zero attached hydrogens (tertiary/aromatic N) is 2. The van der Waals surface area contributed by atoms with Crippen LogP contribution in [0.4, 0.5) is 19.0 Å². The largest absolute Gasteiger partial charge is 0.497 e. The summed E-state index contributed by atoms with van der Waals surface area (Å²) in [5.74, 6) is 2.48. The molecule has 2 aromatic heterocycles. The van der Waals surface area contributed by atoms with Gasteiger partial charge in [-0.3, -0.25) is 0 Å². The van der Waals surface area contributed by atoms with Crippen LogP contribution in [0.5, 0.6) is 5.75 Å². The molecule has 0 fully saturated rings. The van der Waals surface area contributed by atoms with Crippen molar-refractivity contribution >= 4 is 40.4 Å². The first-order valence-electron chi connectivity index (χ1n) is 10.0. The van der Waals surface area contributed by atoms with Crippen LogP contribution in [0.25, 0.3) is 22.6 Å². The second kappa shape index (κ2) is 9.96. The summed E-state index contributed by atoms with van der Waals surface area (Å²) in [5, 5.41) is 3.33. The first-order chi connectivity index (χ1) is 15.9. The van der Waals surface area contributed by atoms with E-state index in [1.54, 1.807) is 25.1 Å². The Labute approximate surface area is 197 Å².